The molecule has 0 spiro atoms. The molecule has 1 heterocycles. The predicted octanol–water partition coefficient (Wildman–Crippen LogP) is 5.55. The lowest BCUT2D eigenvalue weighted by atomic mass is 10.0. The van der Waals surface area contributed by atoms with Crippen molar-refractivity contribution in [2.45, 2.75) is 48.3 Å². The lowest BCUT2D eigenvalue weighted by Gasteiger charge is -2.44. The van der Waals surface area contributed by atoms with Gasteiger partial charge in [0.2, 0.25) is 0 Å². The molecule has 5 atom stereocenters. The van der Waals surface area contributed by atoms with E-state index in [2.05, 4.69) is 59.0 Å². The van der Waals surface area contributed by atoms with Gasteiger partial charge in [0.05, 0.1) is 30.4 Å². The summed E-state index contributed by atoms with van der Waals surface area (Å²) >= 11 is 2.35. The van der Waals surface area contributed by atoms with Gasteiger partial charge in [0.1, 0.15) is 18.3 Å². The highest BCUT2D eigenvalue weighted by atomic mass is 127. The molecule has 0 aromatic heterocycles. The fourth-order valence-corrected chi connectivity index (χ4v) is 5.06. The Labute approximate surface area is 215 Å². The third kappa shape index (κ3) is 7.10. The van der Waals surface area contributed by atoms with Crippen LogP contribution < -0.4 is 0 Å². The first kappa shape index (κ1) is 25.3. The summed E-state index contributed by atoms with van der Waals surface area (Å²) in [4.78, 5) is 0. The quantitative estimate of drug-likeness (QED) is 0.222. The van der Waals surface area contributed by atoms with Gasteiger partial charge in [-0.05, 0) is 16.7 Å². The molecule has 0 N–H and O–H groups in total. The van der Waals surface area contributed by atoms with Crippen molar-refractivity contribution >= 4 is 22.6 Å². The van der Waals surface area contributed by atoms with Gasteiger partial charge < -0.3 is 23.7 Å². The van der Waals surface area contributed by atoms with Crippen LogP contribution in [0.1, 0.15) is 16.7 Å². The smallest absolute Gasteiger partial charge is 0.172 e. The molecule has 0 amide bonds. The van der Waals surface area contributed by atoms with Crippen LogP contribution in [0.25, 0.3) is 0 Å². The van der Waals surface area contributed by atoms with Gasteiger partial charge in [-0.3, -0.25) is 0 Å². The third-order valence-electron chi connectivity index (χ3n) is 5.77. The zero-order valence-corrected chi connectivity index (χ0v) is 21.5. The summed E-state index contributed by atoms with van der Waals surface area (Å²) in [5.41, 5.74) is 3.34. The summed E-state index contributed by atoms with van der Waals surface area (Å²) in [6.07, 6.45) is -1.28. The number of ether oxygens (including phenoxy) is 5. The predicted molar refractivity (Wildman–Crippen MR) is 140 cm³/mol. The van der Waals surface area contributed by atoms with Crippen molar-refractivity contribution in [2.24, 2.45) is 0 Å². The van der Waals surface area contributed by atoms with Crippen LogP contribution in [0.2, 0.25) is 0 Å². The van der Waals surface area contributed by atoms with Crippen LogP contribution in [-0.4, -0.2) is 42.2 Å². The standard InChI is InChI=1S/C28H31IO5/c1-30-28-25(29)27(33-19-23-15-9-4-10-16-23)26(32-18-22-13-7-3-8-14-22)24(34-28)20-31-17-21-11-5-2-6-12-21/h2-16,24-28H,17-20H2,1H3/t24-,25+,26-,27-,28+/m1/s1. The number of benzene rings is 3. The van der Waals surface area contributed by atoms with Crippen LogP contribution in [0.4, 0.5) is 0 Å². The van der Waals surface area contributed by atoms with E-state index in [1.807, 2.05) is 54.6 Å². The highest BCUT2D eigenvalue weighted by Gasteiger charge is 2.46. The Hall–Kier alpha value is -1.81. The SMILES string of the molecule is CO[C@H]1O[C@H](COCc2ccccc2)[C@@H](OCc2ccccc2)[C@H](OCc2ccccc2)[C@@H]1I. The third-order valence-corrected chi connectivity index (χ3v) is 7.07. The molecule has 0 aliphatic carbocycles. The molecule has 0 bridgehead atoms. The molecular weight excluding hydrogens is 543 g/mol. The minimum absolute atomic E-state index is 0.0440. The van der Waals surface area contributed by atoms with E-state index in [1.54, 1.807) is 7.11 Å². The van der Waals surface area contributed by atoms with Crippen molar-refractivity contribution in [3.63, 3.8) is 0 Å². The molecule has 3 aromatic rings. The summed E-state index contributed by atoms with van der Waals surface area (Å²) in [6.45, 7) is 1.84. The molecule has 34 heavy (non-hydrogen) atoms. The fraction of sp³-hybridized carbons (Fsp3) is 0.357. The minimum atomic E-state index is -0.414. The average molecular weight is 574 g/mol. The molecule has 1 aliphatic rings. The first-order valence-electron chi connectivity index (χ1n) is 11.5. The van der Waals surface area contributed by atoms with Crippen molar-refractivity contribution in [3.8, 4) is 0 Å². The largest absolute Gasteiger partial charge is 0.374 e. The van der Waals surface area contributed by atoms with Crippen molar-refractivity contribution in [2.75, 3.05) is 13.7 Å². The van der Waals surface area contributed by atoms with Crippen LogP contribution >= 0.6 is 22.6 Å². The number of methoxy groups -OCH3 is 1. The molecule has 3 aromatic carbocycles. The topological polar surface area (TPSA) is 46.2 Å². The van der Waals surface area contributed by atoms with Gasteiger partial charge in [0, 0.05) is 7.11 Å². The van der Waals surface area contributed by atoms with Crippen LogP contribution in [0.15, 0.2) is 91.0 Å². The van der Waals surface area contributed by atoms with Crippen LogP contribution in [-0.2, 0) is 43.5 Å². The van der Waals surface area contributed by atoms with Crippen molar-refractivity contribution < 1.29 is 23.7 Å². The zero-order valence-electron chi connectivity index (χ0n) is 19.3. The summed E-state index contributed by atoms with van der Waals surface area (Å²) in [6, 6.07) is 30.5. The van der Waals surface area contributed by atoms with Gasteiger partial charge in [-0.25, -0.2) is 0 Å². The van der Waals surface area contributed by atoms with Crippen LogP contribution in [0.3, 0.4) is 0 Å². The van der Waals surface area contributed by atoms with Crippen LogP contribution in [0.5, 0.6) is 0 Å². The molecule has 1 saturated heterocycles. The molecule has 0 radical (unpaired) electrons. The molecule has 180 valence electrons. The summed E-state index contributed by atoms with van der Waals surface area (Å²) in [5, 5.41) is 0. The number of hydrogen-bond acceptors (Lipinski definition) is 5. The molecule has 6 heteroatoms. The second-order valence-corrected chi connectivity index (χ2v) is 9.68. The van der Waals surface area contributed by atoms with Gasteiger partial charge >= 0.3 is 0 Å². The molecule has 0 unspecified atom stereocenters. The van der Waals surface area contributed by atoms with Gasteiger partial charge in [0.15, 0.2) is 6.29 Å². The Morgan fingerprint density at radius 1 is 0.676 bits per heavy atom. The number of rotatable bonds is 11. The van der Waals surface area contributed by atoms with Crippen molar-refractivity contribution in [1.82, 2.24) is 0 Å². The lowest BCUT2D eigenvalue weighted by Crippen LogP contribution is -2.58. The normalized spacial score (nSPS) is 24.7. The molecule has 1 aliphatic heterocycles. The van der Waals surface area contributed by atoms with E-state index in [9.17, 15) is 0 Å². The fourth-order valence-electron chi connectivity index (χ4n) is 3.98. The Morgan fingerprint density at radius 2 is 1.15 bits per heavy atom. The van der Waals surface area contributed by atoms with E-state index in [4.69, 9.17) is 23.7 Å². The second-order valence-electron chi connectivity index (χ2n) is 8.25. The Bertz CT molecular complexity index is 956. The first-order chi connectivity index (χ1) is 16.7. The van der Waals surface area contributed by atoms with Crippen molar-refractivity contribution in [3.05, 3.63) is 108 Å². The summed E-state index contributed by atoms with van der Waals surface area (Å²) in [7, 11) is 1.66. The summed E-state index contributed by atoms with van der Waals surface area (Å²) < 4.78 is 30.9. The molecule has 1 fully saturated rings. The molecule has 5 nitrogen and oxygen atoms in total. The van der Waals surface area contributed by atoms with Crippen LogP contribution in [0, 0.1) is 0 Å². The van der Waals surface area contributed by atoms with E-state index in [1.165, 1.54) is 0 Å². The maximum atomic E-state index is 6.46. The molecule has 0 saturated carbocycles. The summed E-state index contributed by atoms with van der Waals surface area (Å²) in [5.74, 6) is 0. The van der Waals surface area contributed by atoms with E-state index >= 15 is 0 Å². The number of hydrogen-bond donors (Lipinski definition) is 0. The molecule has 4 rings (SSSR count). The maximum Gasteiger partial charge on any atom is 0.172 e. The number of alkyl halides is 1. The maximum absolute atomic E-state index is 6.46. The van der Waals surface area contributed by atoms with E-state index in [0.717, 1.165) is 16.7 Å². The second kappa shape index (κ2) is 13.3. The lowest BCUT2D eigenvalue weighted by molar-refractivity contribution is -0.265. The monoisotopic (exact) mass is 574 g/mol. The van der Waals surface area contributed by atoms with Gasteiger partial charge in [0.25, 0.3) is 0 Å². The zero-order chi connectivity index (χ0) is 23.6. The van der Waals surface area contributed by atoms with Gasteiger partial charge in [-0.1, -0.05) is 114 Å². The van der Waals surface area contributed by atoms with E-state index in [-0.39, 0.29) is 22.2 Å². The Balaban J connectivity index is 1.48. The number of halogens is 1. The van der Waals surface area contributed by atoms with Gasteiger partial charge in [-0.15, -0.1) is 0 Å². The van der Waals surface area contributed by atoms with Crippen molar-refractivity contribution in [1.29, 1.82) is 0 Å². The minimum Gasteiger partial charge on any atom is -0.374 e. The van der Waals surface area contributed by atoms with E-state index < -0.39 is 6.29 Å². The Kier molecular flexibility index (Phi) is 9.91. The average Bonchev–Trinajstić information content (AvgIpc) is 2.89. The Morgan fingerprint density at radius 3 is 1.65 bits per heavy atom. The highest BCUT2D eigenvalue weighted by Crippen LogP contribution is 2.33. The first-order valence-corrected chi connectivity index (χ1v) is 12.7. The van der Waals surface area contributed by atoms with Gasteiger partial charge in [-0.2, -0.15) is 0 Å². The highest BCUT2D eigenvalue weighted by molar-refractivity contribution is 14.1. The molecular formula is C28H31IO5. The van der Waals surface area contributed by atoms with E-state index in [0.29, 0.717) is 26.4 Å².